The SMILES string of the molecule is CC(O)C(NC(=O)C(CC(N)=O)NC(=O)C(CC(=O)O)NC(=O)C(N)CC(N)=O)C(=O)O. The van der Waals surface area contributed by atoms with E-state index in [4.69, 9.17) is 27.4 Å². The maximum absolute atomic E-state index is 12.5. The van der Waals surface area contributed by atoms with Crippen molar-refractivity contribution in [3.05, 3.63) is 0 Å². The normalized spacial score (nSPS) is 15.2. The van der Waals surface area contributed by atoms with E-state index in [1.54, 1.807) is 0 Å². The van der Waals surface area contributed by atoms with Gasteiger partial charge < -0.3 is 48.5 Å². The van der Waals surface area contributed by atoms with Crippen molar-refractivity contribution in [3.8, 4) is 0 Å². The van der Waals surface area contributed by atoms with E-state index in [-0.39, 0.29) is 0 Å². The number of aliphatic carboxylic acids is 2. The van der Waals surface area contributed by atoms with Gasteiger partial charge in [-0.05, 0) is 6.92 Å². The first-order valence-electron chi connectivity index (χ1n) is 9.01. The minimum Gasteiger partial charge on any atom is -0.481 e. The van der Waals surface area contributed by atoms with Crippen molar-refractivity contribution in [2.75, 3.05) is 0 Å². The molecule has 180 valence electrons. The number of nitrogens with one attached hydrogen (secondary N) is 3. The molecule has 5 atom stereocenters. The molecule has 0 heterocycles. The molecule has 16 heteroatoms. The fourth-order valence-electron chi connectivity index (χ4n) is 2.30. The van der Waals surface area contributed by atoms with Crippen LogP contribution in [-0.4, -0.2) is 87.1 Å². The summed E-state index contributed by atoms with van der Waals surface area (Å²) < 4.78 is 0. The highest BCUT2D eigenvalue weighted by Crippen LogP contribution is 2.02. The lowest BCUT2D eigenvalue weighted by Gasteiger charge is -2.24. The first-order valence-corrected chi connectivity index (χ1v) is 9.01. The number of carbonyl (C=O) groups excluding carboxylic acids is 5. The Morgan fingerprint density at radius 2 is 1.19 bits per heavy atom. The van der Waals surface area contributed by atoms with Gasteiger partial charge in [0, 0.05) is 0 Å². The van der Waals surface area contributed by atoms with E-state index in [1.165, 1.54) is 0 Å². The Kier molecular flexibility index (Phi) is 11.3. The molecule has 16 nitrogen and oxygen atoms in total. The molecule has 0 bridgehead atoms. The molecule has 5 unspecified atom stereocenters. The standard InChI is InChI=1S/C16H26N6O10/c1-5(23)12(16(31)32)22-15(30)7(3-10(19)25)21-14(29)8(4-11(26)27)20-13(28)6(17)2-9(18)24/h5-8,12,23H,2-4,17H2,1H3,(H2,18,24)(H2,19,25)(H,20,28)(H,21,29)(H,22,30)(H,26,27)(H,31,32). The molecule has 0 saturated heterocycles. The number of amides is 5. The molecule has 0 rings (SSSR count). The zero-order chi connectivity index (χ0) is 25.2. The summed E-state index contributed by atoms with van der Waals surface area (Å²) in [7, 11) is 0. The fraction of sp³-hybridized carbons (Fsp3) is 0.562. The molecular weight excluding hydrogens is 436 g/mol. The lowest BCUT2D eigenvalue weighted by atomic mass is 10.1. The highest BCUT2D eigenvalue weighted by atomic mass is 16.4. The fourth-order valence-corrected chi connectivity index (χ4v) is 2.30. The topological polar surface area (TPSA) is 294 Å². The van der Waals surface area contributed by atoms with Crippen molar-refractivity contribution >= 4 is 41.5 Å². The van der Waals surface area contributed by atoms with Crippen LogP contribution in [0.5, 0.6) is 0 Å². The lowest BCUT2D eigenvalue weighted by molar-refractivity contribution is -0.145. The second-order valence-corrected chi connectivity index (χ2v) is 6.73. The van der Waals surface area contributed by atoms with Crippen LogP contribution in [0.3, 0.4) is 0 Å². The van der Waals surface area contributed by atoms with Crippen molar-refractivity contribution in [3.63, 3.8) is 0 Å². The third kappa shape index (κ3) is 10.3. The molecule has 5 amide bonds. The van der Waals surface area contributed by atoms with E-state index in [1.807, 2.05) is 16.0 Å². The molecule has 0 fully saturated rings. The van der Waals surface area contributed by atoms with Gasteiger partial charge in [0.1, 0.15) is 12.1 Å². The Bertz CT molecular complexity index is 770. The van der Waals surface area contributed by atoms with Crippen LogP contribution in [0.4, 0.5) is 0 Å². The molecule has 0 saturated carbocycles. The summed E-state index contributed by atoms with van der Waals surface area (Å²) in [5.41, 5.74) is 15.4. The van der Waals surface area contributed by atoms with Crippen molar-refractivity contribution < 1.29 is 48.9 Å². The Hall–Kier alpha value is -3.79. The third-order valence-corrected chi connectivity index (χ3v) is 3.85. The molecule has 0 aromatic carbocycles. The zero-order valence-electron chi connectivity index (χ0n) is 16.9. The molecule has 0 aromatic rings. The smallest absolute Gasteiger partial charge is 0.328 e. The number of nitrogens with two attached hydrogens (primary N) is 3. The highest BCUT2D eigenvalue weighted by molar-refractivity contribution is 5.97. The first kappa shape index (κ1) is 28.2. The van der Waals surface area contributed by atoms with Crippen molar-refractivity contribution in [1.82, 2.24) is 16.0 Å². The summed E-state index contributed by atoms with van der Waals surface area (Å²) >= 11 is 0. The van der Waals surface area contributed by atoms with Gasteiger partial charge in [-0.25, -0.2) is 4.79 Å². The zero-order valence-corrected chi connectivity index (χ0v) is 16.9. The van der Waals surface area contributed by atoms with Gasteiger partial charge in [-0.1, -0.05) is 0 Å². The molecule has 32 heavy (non-hydrogen) atoms. The number of rotatable bonds is 14. The van der Waals surface area contributed by atoms with Crippen LogP contribution in [0.2, 0.25) is 0 Å². The summed E-state index contributed by atoms with van der Waals surface area (Å²) in [6, 6.07) is -6.86. The van der Waals surface area contributed by atoms with Crippen LogP contribution in [0.25, 0.3) is 0 Å². The minimum atomic E-state index is -1.80. The van der Waals surface area contributed by atoms with E-state index in [0.717, 1.165) is 6.92 Å². The Labute approximate surface area is 180 Å². The van der Waals surface area contributed by atoms with Crippen LogP contribution in [0, 0.1) is 0 Å². The van der Waals surface area contributed by atoms with Crippen LogP contribution in [-0.2, 0) is 33.6 Å². The molecule has 0 aliphatic rings. The number of hydrogen-bond acceptors (Lipinski definition) is 9. The molecule has 0 aliphatic carbocycles. The van der Waals surface area contributed by atoms with Gasteiger partial charge in [0.05, 0.1) is 31.4 Å². The summed E-state index contributed by atoms with van der Waals surface area (Å²) in [4.78, 5) is 81.1. The Balaban J connectivity index is 5.56. The Morgan fingerprint density at radius 1 is 0.750 bits per heavy atom. The number of carboxylic acids is 2. The van der Waals surface area contributed by atoms with Crippen LogP contribution in [0.15, 0.2) is 0 Å². The number of hydrogen-bond donors (Lipinski definition) is 9. The van der Waals surface area contributed by atoms with E-state index in [0.29, 0.717) is 0 Å². The predicted octanol–water partition coefficient (Wildman–Crippen LogP) is -5.54. The van der Waals surface area contributed by atoms with Gasteiger partial charge in [-0.2, -0.15) is 0 Å². The number of carbonyl (C=O) groups is 7. The average molecular weight is 462 g/mol. The van der Waals surface area contributed by atoms with E-state index >= 15 is 0 Å². The van der Waals surface area contributed by atoms with Crippen LogP contribution in [0.1, 0.15) is 26.2 Å². The average Bonchev–Trinajstić information content (AvgIpc) is 2.62. The third-order valence-electron chi connectivity index (χ3n) is 3.85. The number of carboxylic acid groups (broad SMARTS) is 2. The summed E-state index contributed by atoms with van der Waals surface area (Å²) in [6.07, 6.45) is -3.95. The number of primary amides is 2. The molecule has 0 aliphatic heterocycles. The minimum absolute atomic E-state index is 0.601. The van der Waals surface area contributed by atoms with Gasteiger partial charge >= 0.3 is 11.9 Å². The second-order valence-electron chi connectivity index (χ2n) is 6.73. The maximum Gasteiger partial charge on any atom is 0.328 e. The van der Waals surface area contributed by atoms with Crippen molar-refractivity contribution in [2.24, 2.45) is 17.2 Å². The lowest BCUT2D eigenvalue weighted by Crippen LogP contribution is -2.59. The number of aliphatic hydroxyl groups excluding tert-OH is 1. The Morgan fingerprint density at radius 3 is 1.59 bits per heavy atom. The largest absolute Gasteiger partial charge is 0.481 e. The quantitative estimate of drug-likeness (QED) is 0.117. The van der Waals surface area contributed by atoms with Crippen molar-refractivity contribution in [1.29, 1.82) is 0 Å². The summed E-state index contributed by atoms with van der Waals surface area (Å²) in [5.74, 6) is -8.75. The molecule has 0 radical (unpaired) electrons. The number of aliphatic hydroxyl groups is 1. The summed E-state index contributed by atoms with van der Waals surface area (Å²) in [5, 5.41) is 33.3. The van der Waals surface area contributed by atoms with E-state index in [9.17, 15) is 38.7 Å². The first-order chi connectivity index (χ1) is 14.6. The monoisotopic (exact) mass is 462 g/mol. The predicted molar refractivity (Wildman–Crippen MR) is 103 cm³/mol. The molecule has 0 spiro atoms. The second kappa shape index (κ2) is 12.8. The summed E-state index contributed by atoms with van der Waals surface area (Å²) in [6.45, 7) is 1.06. The van der Waals surface area contributed by atoms with E-state index in [2.05, 4.69) is 0 Å². The molecular formula is C16H26N6O10. The van der Waals surface area contributed by atoms with Gasteiger partial charge in [0.15, 0.2) is 6.04 Å². The van der Waals surface area contributed by atoms with Gasteiger partial charge in [0.25, 0.3) is 0 Å². The van der Waals surface area contributed by atoms with Gasteiger partial charge in [-0.3, -0.25) is 28.8 Å². The van der Waals surface area contributed by atoms with Crippen LogP contribution < -0.4 is 33.2 Å². The van der Waals surface area contributed by atoms with E-state index < -0.39 is 91.0 Å². The van der Waals surface area contributed by atoms with Crippen molar-refractivity contribution in [2.45, 2.75) is 56.5 Å². The van der Waals surface area contributed by atoms with Gasteiger partial charge in [-0.15, -0.1) is 0 Å². The highest BCUT2D eigenvalue weighted by Gasteiger charge is 2.33. The maximum atomic E-state index is 12.5. The van der Waals surface area contributed by atoms with Crippen LogP contribution >= 0.6 is 0 Å². The molecule has 0 aromatic heterocycles. The molecule has 12 N–H and O–H groups in total. The van der Waals surface area contributed by atoms with Gasteiger partial charge in [0.2, 0.25) is 29.5 Å².